The number of piperidine rings is 1. The minimum atomic E-state index is 0.602. The van der Waals surface area contributed by atoms with Crippen molar-refractivity contribution in [2.24, 2.45) is 17.3 Å². The van der Waals surface area contributed by atoms with Crippen LogP contribution in [0.5, 0.6) is 0 Å². The Hall–Kier alpha value is -0.0800. The van der Waals surface area contributed by atoms with E-state index in [9.17, 15) is 0 Å². The van der Waals surface area contributed by atoms with Crippen molar-refractivity contribution in [2.75, 3.05) is 19.6 Å². The normalized spacial score (nSPS) is 45.1. The molecule has 3 aliphatic carbocycles. The third kappa shape index (κ3) is 2.78. The average Bonchev–Trinajstić information content (AvgIpc) is 3.04. The monoisotopic (exact) mass is 276 g/mol. The van der Waals surface area contributed by atoms with E-state index in [4.69, 9.17) is 0 Å². The summed E-state index contributed by atoms with van der Waals surface area (Å²) in [5.74, 6) is 2.00. The van der Waals surface area contributed by atoms with Crippen LogP contribution in [-0.2, 0) is 0 Å². The van der Waals surface area contributed by atoms with Crippen molar-refractivity contribution in [3.05, 3.63) is 0 Å². The fourth-order valence-electron chi connectivity index (χ4n) is 5.43. The fourth-order valence-corrected chi connectivity index (χ4v) is 5.43. The number of hydrogen-bond donors (Lipinski definition) is 1. The van der Waals surface area contributed by atoms with Gasteiger partial charge >= 0.3 is 0 Å². The molecule has 114 valence electrons. The van der Waals surface area contributed by atoms with Gasteiger partial charge in [0.1, 0.15) is 0 Å². The van der Waals surface area contributed by atoms with E-state index in [1.54, 1.807) is 0 Å². The van der Waals surface area contributed by atoms with Gasteiger partial charge in [0.25, 0.3) is 0 Å². The summed E-state index contributed by atoms with van der Waals surface area (Å²) in [6.07, 6.45) is 13.3. The molecule has 4 rings (SSSR count). The minimum Gasteiger partial charge on any atom is -0.313 e. The summed E-state index contributed by atoms with van der Waals surface area (Å²) < 4.78 is 0. The number of hydrogen-bond acceptors (Lipinski definition) is 2. The van der Waals surface area contributed by atoms with Crippen LogP contribution in [0.2, 0.25) is 0 Å². The molecule has 4 atom stereocenters. The Morgan fingerprint density at radius 3 is 2.70 bits per heavy atom. The van der Waals surface area contributed by atoms with Gasteiger partial charge < -0.3 is 5.32 Å². The lowest BCUT2D eigenvalue weighted by atomic mass is 9.69. The lowest BCUT2D eigenvalue weighted by Gasteiger charge is -2.44. The van der Waals surface area contributed by atoms with Gasteiger partial charge in [0, 0.05) is 31.7 Å². The van der Waals surface area contributed by atoms with Crippen LogP contribution in [-0.4, -0.2) is 36.6 Å². The van der Waals surface area contributed by atoms with Crippen molar-refractivity contribution in [2.45, 2.75) is 76.8 Å². The first-order valence-corrected chi connectivity index (χ1v) is 9.20. The van der Waals surface area contributed by atoms with Gasteiger partial charge in [0.05, 0.1) is 0 Å². The molecule has 0 amide bonds. The molecule has 2 heteroatoms. The quantitative estimate of drug-likeness (QED) is 0.828. The van der Waals surface area contributed by atoms with Crippen molar-refractivity contribution in [1.29, 1.82) is 0 Å². The highest BCUT2D eigenvalue weighted by atomic mass is 15.2. The molecule has 4 fully saturated rings. The van der Waals surface area contributed by atoms with Crippen molar-refractivity contribution >= 4 is 0 Å². The number of nitrogens with zero attached hydrogens (tertiary/aromatic N) is 1. The Morgan fingerprint density at radius 2 is 2.05 bits per heavy atom. The molecule has 0 aromatic carbocycles. The average molecular weight is 276 g/mol. The number of likely N-dealkylation sites (tertiary alicyclic amines) is 1. The highest BCUT2D eigenvalue weighted by Gasteiger charge is 2.43. The van der Waals surface area contributed by atoms with E-state index in [-0.39, 0.29) is 0 Å². The predicted octanol–water partition coefficient (Wildman–Crippen LogP) is 3.42. The molecular weight excluding hydrogens is 244 g/mol. The molecule has 2 nitrogen and oxygen atoms in total. The second-order valence-electron chi connectivity index (χ2n) is 8.62. The van der Waals surface area contributed by atoms with E-state index in [0.717, 1.165) is 23.9 Å². The molecule has 4 aliphatic rings. The fraction of sp³-hybridized carbons (Fsp3) is 1.00. The second kappa shape index (κ2) is 5.28. The SMILES string of the molecule is CC1CCCC(CNC2CC2)(CN2CC3CCC2C3)C1. The van der Waals surface area contributed by atoms with Crippen LogP contribution in [0.15, 0.2) is 0 Å². The Kier molecular flexibility index (Phi) is 3.58. The van der Waals surface area contributed by atoms with Crippen LogP contribution in [0.3, 0.4) is 0 Å². The van der Waals surface area contributed by atoms with Crippen molar-refractivity contribution in [1.82, 2.24) is 10.2 Å². The van der Waals surface area contributed by atoms with Gasteiger partial charge in [-0.3, -0.25) is 4.90 Å². The molecule has 1 aliphatic heterocycles. The summed E-state index contributed by atoms with van der Waals surface area (Å²) in [6.45, 7) is 6.61. The zero-order valence-electron chi connectivity index (χ0n) is 13.2. The molecule has 0 radical (unpaired) electrons. The summed E-state index contributed by atoms with van der Waals surface area (Å²) in [5, 5.41) is 3.88. The molecule has 0 aromatic heterocycles. The molecule has 0 aromatic rings. The molecule has 1 N–H and O–H groups in total. The van der Waals surface area contributed by atoms with Crippen molar-refractivity contribution in [3.8, 4) is 0 Å². The van der Waals surface area contributed by atoms with Gasteiger partial charge in [-0.25, -0.2) is 0 Å². The number of fused-ring (bicyclic) bond motifs is 2. The largest absolute Gasteiger partial charge is 0.313 e. The number of rotatable bonds is 5. The minimum absolute atomic E-state index is 0.602. The maximum atomic E-state index is 3.88. The maximum absolute atomic E-state index is 3.88. The summed E-state index contributed by atoms with van der Waals surface area (Å²) in [5.41, 5.74) is 0.602. The molecule has 1 saturated heterocycles. The van der Waals surface area contributed by atoms with Gasteiger partial charge in [-0.2, -0.15) is 0 Å². The molecule has 4 unspecified atom stereocenters. The summed E-state index contributed by atoms with van der Waals surface area (Å²) >= 11 is 0. The van der Waals surface area contributed by atoms with E-state index >= 15 is 0 Å². The molecular formula is C18H32N2. The zero-order chi connectivity index (χ0) is 13.6. The van der Waals surface area contributed by atoms with Gasteiger partial charge in [-0.05, 0) is 62.2 Å². The van der Waals surface area contributed by atoms with Crippen molar-refractivity contribution in [3.63, 3.8) is 0 Å². The maximum Gasteiger partial charge on any atom is 0.00988 e. The predicted molar refractivity (Wildman–Crippen MR) is 83.8 cm³/mol. The topological polar surface area (TPSA) is 15.3 Å². The third-order valence-corrected chi connectivity index (χ3v) is 6.59. The lowest BCUT2D eigenvalue weighted by molar-refractivity contribution is 0.0641. The first kappa shape index (κ1) is 13.6. The molecule has 1 heterocycles. The van der Waals surface area contributed by atoms with E-state index in [0.29, 0.717) is 5.41 Å². The summed E-state index contributed by atoms with van der Waals surface area (Å²) in [7, 11) is 0. The van der Waals surface area contributed by atoms with Gasteiger partial charge in [0.15, 0.2) is 0 Å². The lowest BCUT2D eigenvalue weighted by Crippen LogP contribution is -2.49. The number of nitrogens with one attached hydrogen (secondary N) is 1. The highest BCUT2D eigenvalue weighted by molar-refractivity contribution is 4.98. The van der Waals surface area contributed by atoms with E-state index in [2.05, 4.69) is 17.1 Å². The Labute approximate surface area is 124 Å². The van der Waals surface area contributed by atoms with E-state index < -0.39 is 0 Å². The van der Waals surface area contributed by atoms with E-state index in [1.807, 2.05) is 0 Å². The Balaban J connectivity index is 1.42. The van der Waals surface area contributed by atoms with Gasteiger partial charge in [-0.1, -0.05) is 19.8 Å². The molecule has 3 saturated carbocycles. The second-order valence-corrected chi connectivity index (χ2v) is 8.62. The van der Waals surface area contributed by atoms with E-state index in [1.165, 1.54) is 77.4 Å². The third-order valence-electron chi connectivity index (χ3n) is 6.59. The Morgan fingerprint density at radius 1 is 1.15 bits per heavy atom. The molecule has 0 spiro atoms. The van der Waals surface area contributed by atoms with Crippen LogP contribution in [0.1, 0.15) is 64.7 Å². The summed E-state index contributed by atoms with van der Waals surface area (Å²) in [6, 6.07) is 1.83. The van der Waals surface area contributed by atoms with Crippen LogP contribution < -0.4 is 5.32 Å². The standard InChI is InChI=1S/C18H32N2/c1-14-3-2-8-18(10-14,12-19-16-5-6-16)13-20-11-15-4-7-17(20)9-15/h14-17,19H,2-13H2,1H3. The molecule has 2 bridgehead atoms. The molecule has 20 heavy (non-hydrogen) atoms. The van der Waals surface area contributed by atoms with Crippen LogP contribution in [0, 0.1) is 17.3 Å². The summed E-state index contributed by atoms with van der Waals surface area (Å²) in [4.78, 5) is 2.89. The van der Waals surface area contributed by atoms with Crippen LogP contribution >= 0.6 is 0 Å². The Bertz CT molecular complexity index is 351. The van der Waals surface area contributed by atoms with Gasteiger partial charge in [-0.15, -0.1) is 0 Å². The first-order chi connectivity index (χ1) is 9.72. The first-order valence-electron chi connectivity index (χ1n) is 9.20. The van der Waals surface area contributed by atoms with Crippen LogP contribution in [0.25, 0.3) is 0 Å². The van der Waals surface area contributed by atoms with Gasteiger partial charge in [0.2, 0.25) is 0 Å². The van der Waals surface area contributed by atoms with Crippen molar-refractivity contribution < 1.29 is 0 Å². The smallest absolute Gasteiger partial charge is 0.00988 e. The highest BCUT2D eigenvalue weighted by Crippen LogP contribution is 2.44. The van der Waals surface area contributed by atoms with Crippen LogP contribution in [0.4, 0.5) is 0 Å². The zero-order valence-corrected chi connectivity index (χ0v) is 13.2.